The molecule has 160 valence electrons. The van der Waals surface area contributed by atoms with Gasteiger partial charge in [0.1, 0.15) is 5.82 Å². The minimum Gasteiger partial charge on any atom is -0.338 e. The molecule has 0 bridgehead atoms. The van der Waals surface area contributed by atoms with E-state index in [9.17, 15) is 22.8 Å². The summed E-state index contributed by atoms with van der Waals surface area (Å²) < 4.78 is 40.2. The number of hydrogen-bond donors (Lipinski definition) is 2. The average Bonchev–Trinajstić information content (AvgIpc) is 3.25. The van der Waals surface area contributed by atoms with Crippen molar-refractivity contribution in [2.75, 3.05) is 33.7 Å². The molecular weight excluding hydrogens is 387 g/mol. The molecule has 0 unspecified atom stereocenters. The Labute approximate surface area is 167 Å². The molecule has 10 heteroatoms. The van der Waals surface area contributed by atoms with Gasteiger partial charge in [0.05, 0.1) is 6.04 Å². The Hall–Kier alpha value is -2.33. The van der Waals surface area contributed by atoms with E-state index < -0.39 is 23.5 Å². The lowest BCUT2D eigenvalue weighted by molar-refractivity contribution is -0.132. The summed E-state index contributed by atoms with van der Waals surface area (Å²) in [6, 6.07) is 0.315. The van der Waals surface area contributed by atoms with Gasteiger partial charge in [-0.1, -0.05) is 0 Å². The molecule has 7 nitrogen and oxygen atoms in total. The fourth-order valence-electron chi connectivity index (χ4n) is 4.15. The lowest BCUT2D eigenvalue weighted by Gasteiger charge is -2.28. The molecule has 0 saturated carbocycles. The second kappa shape index (κ2) is 8.58. The second-order valence-electron chi connectivity index (χ2n) is 7.70. The van der Waals surface area contributed by atoms with E-state index in [1.807, 2.05) is 0 Å². The predicted octanol–water partition coefficient (Wildman–Crippen LogP) is 1.08. The van der Waals surface area contributed by atoms with Crippen LogP contribution in [0.4, 0.5) is 18.0 Å². The maximum atomic E-state index is 13.8. The molecule has 2 fully saturated rings. The Morgan fingerprint density at radius 1 is 1.24 bits per heavy atom. The van der Waals surface area contributed by atoms with Gasteiger partial charge in [-0.05, 0) is 24.5 Å². The van der Waals surface area contributed by atoms with Crippen molar-refractivity contribution in [2.45, 2.75) is 31.3 Å². The number of nitrogens with zero attached hydrogens (tertiary/aromatic N) is 3. The largest absolute Gasteiger partial charge is 0.338 e. The molecule has 3 atom stereocenters. The van der Waals surface area contributed by atoms with Crippen molar-refractivity contribution in [2.24, 2.45) is 11.7 Å². The summed E-state index contributed by atoms with van der Waals surface area (Å²) >= 11 is 0. The number of benzene rings is 1. The molecule has 0 radical (unpaired) electrons. The highest BCUT2D eigenvalue weighted by atomic mass is 19.2. The van der Waals surface area contributed by atoms with Gasteiger partial charge in [0.2, 0.25) is 5.91 Å². The van der Waals surface area contributed by atoms with Crippen LogP contribution in [0.5, 0.6) is 0 Å². The molecule has 1 aromatic rings. The number of urea groups is 1. The molecule has 29 heavy (non-hydrogen) atoms. The first-order chi connectivity index (χ1) is 13.7. The van der Waals surface area contributed by atoms with Crippen LogP contribution in [0.2, 0.25) is 0 Å². The number of amides is 3. The third-order valence-electron chi connectivity index (χ3n) is 5.77. The van der Waals surface area contributed by atoms with E-state index in [-0.39, 0.29) is 42.3 Å². The molecule has 2 heterocycles. The first-order valence-corrected chi connectivity index (χ1v) is 9.59. The summed E-state index contributed by atoms with van der Waals surface area (Å²) in [5.41, 5.74) is 8.70. The highest BCUT2D eigenvalue weighted by Crippen LogP contribution is 2.32. The van der Waals surface area contributed by atoms with Crippen LogP contribution in [0.1, 0.15) is 18.4 Å². The van der Waals surface area contributed by atoms with Gasteiger partial charge < -0.3 is 15.5 Å². The second-order valence-corrected chi connectivity index (χ2v) is 7.70. The van der Waals surface area contributed by atoms with Crippen molar-refractivity contribution in [3.63, 3.8) is 0 Å². The SMILES string of the molecule is CNN(C)C(=O)N1C[C@@H]2CCN(C(=O)C[C@H](N)Cc3cc(F)c(F)cc3F)[C@@H]2C1. The van der Waals surface area contributed by atoms with Gasteiger partial charge in [0, 0.05) is 58.2 Å². The molecule has 3 rings (SSSR count). The molecular formula is C19H26F3N5O2. The van der Waals surface area contributed by atoms with Gasteiger partial charge >= 0.3 is 6.03 Å². The van der Waals surface area contributed by atoms with Crippen molar-refractivity contribution in [3.8, 4) is 0 Å². The first kappa shape index (κ1) is 21.4. The zero-order valence-electron chi connectivity index (χ0n) is 16.5. The summed E-state index contributed by atoms with van der Waals surface area (Å²) in [7, 11) is 3.29. The summed E-state index contributed by atoms with van der Waals surface area (Å²) in [5.74, 6) is -3.25. The summed E-state index contributed by atoms with van der Waals surface area (Å²) in [6.45, 7) is 1.63. The van der Waals surface area contributed by atoms with E-state index in [0.29, 0.717) is 25.7 Å². The lowest BCUT2D eigenvalue weighted by Crippen LogP contribution is -2.47. The van der Waals surface area contributed by atoms with Crippen LogP contribution in [0.3, 0.4) is 0 Å². The number of nitrogens with one attached hydrogen (secondary N) is 1. The number of fused-ring (bicyclic) bond motifs is 1. The molecule has 2 aliphatic rings. The van der Waals surface area contributed by atoms with Crippen LogP contribution >= 0.6 is 0 Å². The standard InChI is InChI=1S/C19H26F3N5O2/c1-24-25(2)19(29)26-9-11-3-4-27(17(11)10-26)18(28)7-13(23)5-12-6-15(21)16(22)8-14(12)20/h6,8,11,13,17,24H,3-5,7,9-10,23H2,1-2H3/t11-,13+,17+/m0/s1. The number of carbonyl (C=O) groups is 2. The lowest BCUT2D eigenvalue weighted by atomic mass is 10.0. The number of carbonyl (C=O) groups excluding carboxylic acids is 2. The monoisotopic (exact) mass is 413 g/mol. The van der Waals surface area contributed by atoms with E-state index in [1.54, 1.807) is 23.9 Å². The molecule has 2 saturated heterocycles. The highest BCUT2D eigenvalue weighted by molar-refractivity contribution is 5.78. The third kappa shape index (κ3) is 4.48. The number of hydrogen-bond acceptors (Lipinski definition) is 4. The quantitative estimate of drug-likeness (QED) is 0.559. The number of hydrazine groups is 1. The third-order valence-corrected chi connectivity index (χ3v) is 5.77. The highest BCUT2D eigenvalue weighted by Gasteiger charge is 2.45. The number of likely N-dealkylation sites (tertiary alicyclic amines) is 2. The van der Waals surface area contributed by atoms with Crippen LogP contribution < -0.4 is 11.2 Å². The Morgan fingerprint density at radius 3 is 2.62 bits per heavy atom. The fraction of sp³-hybridized carbons (Fsp3) is 0.579. The number of nitrogens with two attached hydrogens (primary N) is 1. The van der Waals surface area contributed by atoms with Crippen molar-refractivity contribution in [3.05, 3.63) is 35.1 Å². The van der Waals surface area contributed by atoms with E-state index >= 15 is 0 Å². The van der Waals surface area contributed by atoms with Crippen LogP contribution in [0.25, 0.3) is 0 Å². The van der Waals surface area contributed by atoms with Gasteiger partial charge in [-0.3, -0.25) is 9.80 Å². The van der Waals surface area contributed by atoms with E-state index in [4.69, 9.17) is 5.73 Å². The van der Waals surface area contributed by atoms with Crippen molar-refractivity contribution >= 4 is 11.9 Å². The number of rotatable bonds is 5. The van der Waals surface area contributed by atoms with Gasteiger partial charge in [-0.25, -0.2) is 23.4 Å². The fourth-order valence-corrected chi connectivity index (χ4v) is 4.15. The summed E-state index contributed by atoms with van der Waals surface area (Å²) in [5, 5.41) is 1.39. The molecule has 2 aliphatic heterocycles. The topological polar surface area (TPSA) is 81.9 Å². The van der Waals surface area contributed by atoms with Gasteiger partial charge in [-0.15, -0.1) is 0 Å². The first-order valence-electron chi connectivity index (χ1n) is 9.59. The smallest absolute Gasteiger partial charge is 0.334 e. The van der Waals surface area contributed by atoms with Crippen LogP contribution in [-0.4, -0.2) is 72.6 Å². The predicted molar refractivity (Wildman–Crippen MR) is 100 cm³/mol. The Bertz CT molecular complexity index is 793. The van der Waals surface area contributed by atoms with Crippen LogP contribution in [0.15, 0.2) is 12.1 Å². The molecule has 3 amide bonds. The zero-order valence-corrected chi connectivity index (χ0v) is 16.5. The minimum absolute atomic E-state index is 0.0357. The molecule has 1 aromatic carbocycles. The minimum atomic E-state index is -1.26. The average molecular weight is 413 g/mol. The molecule has 3 N–H and O–H groups in total. The van der Waals surface area contributed by atoms with Gasteiger partial charge in [0.15, 0.2) is 11.6 Å². The van der Waals surface area contributed by atoms with E-state index in [0.717, 1.165) is 12.5 Å². The zero-order chi connectivity index (χ0) is 21.3. The maximum Gasteiger partial charge on any atom is 0.334 e. The van der Waals surface area contributed by atoms with Crippen molar-refractivity contribution < 1.29 is 22.8 Å². The van der Waals surface area contributed by atoms with Crippen LogP contribution in [0, 0.1) is 23.4 Å². The van der Waals surface area contributed by atoms with Gasteiger partial charge in [0.25, 0.3) is 0 Å². The van der Waals surface area contributed by atoms with E-state index in [1.165, 1.54) is 5.01 Å². The molecule has 0 aromatic heterocycles. The number of halogens is 3. The maximum absolute atomic E-state index is 13.8. The normalized spacial score (nSPS) is 22.0. The van der Waals surface area contributed by atoms with Crippen LogP contribution in [-0.2, 0) is 11.2 Å². The summed E-state index contributed by atoms with van der Waals surface area (Å²) in [6.07, 6.45) is 0.691. The molecule has 0 aliphatic carbocycles. The van der Waals surface area contributed by atoms with Gasteiger partial charge in [-0.2, -0.15) is 0 Å². The molecule has 0 spiro atoms. The Balaban J connectivity index is 1.58. The Kier molecular flexibility index (Phi) is 6.33. The Morgan fingerprint density at radius 2 is 1.93 bits per heavy atom. The summed E-state index contributed by atoms with van der Waals surface area (Å²) in [4.78, 5) is 28.5. The van der Waals surface area contributed by atoms with Crippen molar-refractivity contribution in [1.29, 1.82) is 0 Å². The van der Waals surface area contributed by atoms with E-state index in [2.05, 4.69) is 5.43 Å². The van der Waals surface area contributed by atoms with Crippen molar-refractivity contribution in [1.82, 2.24) is 20.2 Å².